The number of nitrogens with one attached hydrogen (secondary N) is 2. The second-order valence-electron chi connectivity index (χ2n) is 7.67. The molecule has 0 aliphatic heterocycles. The fourth-order valence-electron chi connectivity index (χ4n) is 4.07. The number of aliphatic hydroxyl groups excluding tert-OH is 2. The molecule has 2 atom stereocenters. The number of amides is 1. The molecule has 2 fully saturated rings. The van der Waals surface area contributed by atoms with Crippen molar-refractivity contribution < 1.29 is 15.0 Å². The van der Waals surface area contributed by atoms with E-state index in [-0.39, 0.29) is 24.1 Å². The van der Waals surface area contributed by atoms with Crippen LogP contribution in [0.1, 0.15) is 55.3 Å². The smallest absolute Gasteiger partial charge is 0.253 e. The van der Waals surface area contributed by atoms with Gasteiger partial charge in [-0.1, -0.05) is 12.1 Å². The molecule has 0 bridgehead atoms. The van der Waals surface area contributed by atoms with Gasteiger partial charge in [0.25, 0.3) is 5.91 Å². The monoisotopic (exact) mass is 370 g/mol. The molecule has 0 saturated heterocycles. The van der Waals surface area contributed by atoms with E-state index in [0.29, 0.717) is 17.0 Å². The zero-order valence-electron chi connectivity index (χ0n) is 15.3. The third-order valence-electron chi connectivity index (χ3n) is 5.68. The number of carbonyl (C=O) groups is 1. The quantitative estimate of drug-likeness (QED) is 0.656. The molecular formula is C20H26N4O3. The molecule has 4 N–H and O–H groups in total. The molecule has 1 heterocycles. The fourth-order valence-corrected chi connectivity index (χ4v) is 4.07. The van der Waals surface area contributed by atoms with Crippen LogP contribution in [0.3, 0.4) is 0 Å². The second-order valence-corrected chi connectivity index (χ2v) is 7.67. The molecule has 2 aromatic rings. The predicted molar refractivity (Wildman–Crippen MR) is 103 cm³/mol. The summed E-state index contributed by atoms with van der Waals surface area (Å²) >= 11 is 0. The lowest BCUT2D eigenvalue weighted by molar-refractivity contribution is 0.0874. The van der Waals surface area contributed by atoms with Crippen LogP contribution >= 0.6 is 0 Å². The van der Waals surface area contributed by atoms with Gasteiger partial charge >= 0.3 is 0 Å². The Bertz CT molecular complexity index is 820. The molecule has 0 unspecified atom stereocenters. The molecule has 1 aromatic carbocycles. The normalized spacial score (nSPS) is 28.2. The average Bonchev–Trinajstić information content (AvgIpc) is 3.07. The van der Waals surface area contributed by atoms with Gasteiger partial charge in [-0.2, -0.15) is 0 Å². The minimum absolute atomic E-state index is 0.194. The van der Waals surface area contributed by atoms with E-state index in [1.165, 1.54) is 0 Å². The van der Waals surface area contributed by atoms with E-state index >= 15 is 0 Å². The van der Waals surface area contributed by atoms with Crippen molar-refractivity contribution in [2.75, 3.05) is 5.32 Å². The lowest BCUT2D eigenvalue weighted by atomic mass is 9.93. The Morgan fingerprint density at radius 3 is 2.63 bits per heavy atom. The minimum Gasteiger partial charge on any atom is -0.393 e. The van der Waals surface area contributed by atoms with Crippen LogP contribution in [0.25, 0.3) is 10.9 Å². The van der Waals surface area contributed by atoms with E-state index < -0.39 is 6.10 Å². The van der Waals surface area contributed by atoms with Gasteiger partial charge in [-0.25, -0.2) is 9.97 Å². The molecule has 2 aliphatic rings. The van der Waals surface area contributed by atoms with E-state index in [2.05, 4.69) is 20.6 Å². The second kappa shape index (κ2) is 7.78. The molecule has 0 radical (unpaired) electrons. The SMILES string of the molecule is O=C(N[C@@H]1CCC[C@H]1O)c1cccc2cnc(NC3CCC(O)CC3)nc12. The first-order chi connectivity index (χ1) is 13.1. The number of aliphatic hydroxyl groups is 2. The third-order valence-corrected chi connectivity index (χ3v) is 5.68. The van der Waals surface area contributed by atoms with Gasteiger partial charge in [-0.15, -0.1) is 0 Å². The maximum Gasteiger partial charge on any atom is 0.253 e. The van der Waals surface area contributed by atoms with Gasteiger partial charge in [0.05, 0.1) is 29.3 Å². The van der Waals surface area contributed by atoms with Crippen molar-refractivity contribution in [3.63, 3.8) is 0 Å². The number of nitrogens with zero attached hydrogens (tertiary/aromatic N) is 2. The summed E-state index contributed by atoms with van der Waals surface area (Å²) in [6, 6.07) is 5.51. The topological polar surface area (TPSA) is 107 Å². The average molecular weight is 370 g/mol. The van der Waals surface area contributed by atoms with E-state index in [0.717, 1.165) is 50.3 Å². The summed E-state index contributed by atoms with van der Waals surface area (Å²) in [5.74, 6) is 0.294. The lowest BCUT2D eigenvalue weighted by Gasteiger charge is -2.26. The highest BCUT2D eigenvalue weighted by atomic mass is 16.3. The molecule has 2 aliphatic carbocycles. The van der Waals surface area contributed by atoms with Crippen molar-refractivity contribution >= 4 is 22.8 Å². The first kappa shape index (κ1) is 18.1. The molecule has 1 amide bonds. The Labute approximate surface area is 158 Å². The minimum atomic E-state index is -0.475. The Morgan fingerprint density at radius 2 is 1.89 bits per heavy atom. The van der Waals surface area contributed by atoms with Crippen LogP contribution in [-0.2, 0) is 0 Å². The maximum atomic E-state index is 12.8. The Hall–Kier alpha value is -2.25. The molecule has 1 aromatic heterocycles. The Morgan fingerprint density at radius 1 is 1.07 bits per heavy atom. The number of rotatable bonds is 4. The third kappa shape index (κ3) is 4.04. The highest BCUT2D eigenvalue weighted by molar-refractivity contribution is 6.05. The Kier molecular flexibility index (Phi) is 5.22. The van der Waals surface area contributed by atoms with Gasteiger partial charge in [0.1, 0.15) is 0 Å². The van der Waals surface area contributed by atoms with E-state index in [1.807, 2.05) is 12.1 Å². The molecule has 4 rings (SSSR count). The molecule has 0 spiro atoms. The predicted octanol–water partition coefficient (Wildman–Crippen LogP) is 1.99. The van der Waals surface area contributed by atoms with Gasteiger partial charge in [-0.05, 0) is 51.0 Å². The highest BCUT2D eigenvalue weighted by Gasteiger charge is 2.27. The highest BCUT2D eigenvalue weighted by Crippen LogP contribution is 2.24. The number of carbonyl (C=O) groups excluding carboxylic acids is 1. The summed E-state index contributed by atoms with van der Waals surface area (Å²) in [6.07, 6.45) is 6.82. The van der Waals surface area contributed by atoms with Crippen molar-refractivity contribution in [1.29, 1.82) is 0 Å². The molecule has 27 heavy (non-hydrogen) atoms. The molecule has 144 valence electrons. The molecule has 7 nitrogen and oxygen atoms in total. The molecule has 7 heteroatoms. The van der Waals surface area contributed by atoms with Crippen LogP contribution in [0, 0.1) is 0 Å². The van der Waals surface area contributed by atoms with Crippen molar-refractivity contribution in [3.05, 3.63) is 30.0 Å². The Balaban J connectivity index is 1.54. The summed E-state index contributed by atoms with van der Waals surface area (Å²) in [6.45, 7) is 0. The summed E-state index contributed by atoms with van der Waals surface area (Å²) < 4.78 is 0. The summed E-state index contributed by atoms with van der Waals surface area (Å²) in [5, 5.41) is 26.7. The maximum absolute atomic E-state index is 12.8. The number of para-hydroxylation sites is 1. The fraction of sp³-hybridized carbons (Fsp3) is 0.550. The van der Waals surface area contributed by atoms with Crippen LogP contribution < -0.4 is 10.6 Å². The van der Waals surface area contributed by atoms with Crippen molar-refractivity contribution in [1.82, 2.24) is 15.3 Å². The van der Waals surface area contributed by atoms with Crippen molar-refractivity contribution in [2.45, 2.75) is 69.2 Å². The van der Waals surface area contributed by atoms with E-state index in [4.69, 9.17) is 0 Å². The number of benzene rings is 1. The number of hydrogen-bond donors (Lipinski definition) is 4. The summed E-state index contributed by atoms with van der Waals surface area (Å²) in [7, 11) is 0. The van der Waals surface area contributed by atoms with Gasteiger partial charge in [0.2, 0.25) is 5.95 Å². The summed E-state index contributed by atoms with van der Waals surface area (Å²) in [5.41, 5.74) is 1.10. The first-order valence-electron chi connectivity index (χ1n) is 9.79. The van der Waals surface area contributed by atoms with Crippen LogP contribution in [0.2, 0.25) is 0 Å². The number of fused-ring (bicyclic) bond motifs is 1. The molecule has 2 saturated carbocycles. The lowest BCUT2D eigenvalue weighted by Crippen LogP contribution is -2.40. The zero-order valence-corrected chi connectivity index (χ0v) is 15.3. The van der Waals surface area contributed by atoms with Crippen LogP contribution in [-0.4, -0.2) is 50.4 Å². The number of hydrogen-bond acceptors (Lipinski definition) is 6. The van der Waals surface area contributed by atoms with Crippen molar-refractivity contribution in [2.24, 2.45) is 0 Å². The standard InChI is InChI=1S/C20H26N4O3/c25-14-9-7-13(8-10-14)22-20-21-11-12-3-1-4-15(18(12)24-20)19(27)23-16-5-2-6-17(16)26/h1,3-4,11,13-14,16-17,25-26H,2,5-10H2,(H,23,27)(H,21,22,24)/t13?,14?,16-,17-/m1/s1. The molecular weight excluding hydrogens is 344 g/mol. The van der Waals surface area contributed by atoms with Gasteiger partial charge in [0, 0.05) is 17.6 Å². The van der Waals surface area contributed by atoms with Gasteiger partial charge in [0.15, 0.2) is 0 Å². The van der Waals surface area contributed by atoms with Crippen LogP contribution in [0.5, 0.6) is 0 Å². The number of aromatic nitrogens is 2. The van der Waals surface area contributed by atoms with E-state index in [1.54, 1.807) is 12.3 Å². The largest absolute Gasteiger partial charge is 0.393 e. The van der Waals surface area contributed by atoms with Gasteiger partial charge in [-0.3, -0.25) is 4.79 Å². The van der Waals surface area contributed by atoms with Crippen LogP contribution in [0.4, 0.5) is 5.95 Å². The number of anilines is 1. The zero-order chi connectivity index (χ0) is 18.8. The van der Waals surface area contributed by atoms with E-state index in [9.17, 15) is 15.0 Å². The van der Waals surface area contributed by atoms with Gasteiger partial charge < -0.3 is 20.8 Å². The van der Waals surface area contributed by atoms with Crippen molar-refractivity contribution in [3.8, 4) is 0 Å². The summed E-state index contributed by atoms with van der Waals surface area (Å²) in [4.78, 5) is 21.7. The first-order valence-corrected chi connectivity index (χ1v) is 9.79. The van der Waals surface area contributed by atoms with Crippen LogP contribution in [0.15, 0.2) is 24.4 Å².